The Morgan fingerprint density at radius 1 is 1.26 bits per heavy atom. The number of amides is 2. The number of carbonyl (C=O) groups excluding carboxylic acids is 2. The molecule has 2 rings (SSSR count). The number of likely N-dealkylation sites (tertiary alicyclic amines) is 1. The molecule has 1 aliphatic rings. The predicted molar refractivity (Wildman–Crippen MR) is 85.4 cm³/mol. The lowest BCUT2D eigenvalue weighted by atomic mass is 9.89. The van der Waals surface area contributed by atoms with Gasteiger partial charge >= 0.3 is 6.09 Å². The molecule has 0 aliphatic carbocycles. The Hall–Kier alpha value is -2.37. The van der Waals surface area contributed by atoms with Crippen LogP contribution in [-0.4, -0.2) is 46.9 Å². The molecule has 124 valence electrons. The van der Waals surface area contributed by atoms with Gasteiger partial charge in [-0.2, -0.15) is 0 Å². The second-order valence-corrected chi connectivity index (χ2v) is 5.97. The molecule has 1 aromatic rings. The second kappa shape index (κ2) is 7.26. The summed E-state index contributed by atoms with van der Waals surface area (Å²) < 4.78 is 0. The van der Waals surface area contributed by atoms with Crippen LogP contribution in [0.15, 0.2) is 24.3 Å². The third-order valence-electron chi connectivity index (χ3n) is 4.37. The predicted octanol–water partition coefficient (Wildman–Crippen LogP) is 2.07. The first kappa shape index (κ1) is 17.0. The standard InChI is InChI=1S/C17H22N2O4/c1-11-5-7-13(8-6-11)15(20)10-18-16(21)14-4-3-9-19(12(14)2)17(22)23/h5-8,12,14H,3-4,9-10H2,1-2H3,(H,18,21)(H,22,23)/t12-,14-/m1/s1. The summed E-state index contributed by atoms with van der Waals surface area (Å²) in [4.78, 5) is 36.8. The summed E-state index contributed by atoms with van der Waals surface area (Å²) in [5.74, 6) is -0.827. The van der Waals surface area contributed by atoms with Crippen molar-refractivity contribution in [2.24, 2.45) is 5.92 Å². The molecule has 0 saturated carbocycles. The van der Waals surface area contributed by atoms with Gasteiger partial charge in [-0.15, -0.1) is 0 Å². The van der Waals surface area contributed by atoms with Gasteiger partial charge in [0.15, 0.2) is 5.78 Å². The van der Waals surface area contributed by atoms with Crippen molar-refractivity contribution >= 4 is 17.8 Å². The topological polar surface area (TPSA) is 86.7 Å². The molecule has 2 N–H and O–H groups in total. The largest absolute Gasteiger partial charge is 0.465 e. The Morgan fingerprint density at radius 2 is 1.91 bits per heavy atom. The lowest BCUT2D eigenvalue weighted by Crippen LogP contribution is -2.51. The first-order valence-corrected chi connectivity index (χ1v) is 7.77. The first-order valence-electron chi connectivity index (χ1n) is 7.77. The number of carbonyl (C=O) groups is 3. The van der Waals surface area contributed by atoms with E-state index in [1.54, 1.807) is 19.1 Å². The molecule has 1 saturated heterocycles. The van der Waals surface area contributed by atoms with E-state index in [9.17, 15) is 14.4 Å². The maximum Gasteiger partial charge on any atom is 0.407 e. The number of nitrogens with zero attached hydrogens (tertiary/aromatic N) is 1. The second-order valence-electron chi connectivity index (χ2n) is 5.97. The summed E-state index contributed by atoms with van der Waals surface area (Å²) in [7, 11) is 0. The van der Waals surface area contributed by atoms with Crippen molar-refractivity contribution in [1.29, 1.82) is 0 Å². The lowest BCUT2D eigenvalue weighted by molar-refractivity contribution is -0.127. The van der Waals surface area contributed by atoms with Crippen LogP contribution in [0.3, 0.4) is 0 Å². The fourth-order valence-electron chi connectivity index (χ4n) is 2.90. The molecule has 6 heteroatoms. The maximum atomic E-state index is 12.3. The van der Waals surface area contributed by atoms with Gasteiger partial charge in [0.25, 0.3) is 0 Å². The van der Waals surface area contributed by atoms with E-state index in [2.05, 4.69) is 5.32 Å². The summed E-state index contributed by atoms with van der Waals surface area (Å²) in [6.07, 6.45) is 0.279. The van der Waals surface area contributed by atoms with Gasteiger partial charge in [-0.25, -0.2) is 4.79 Å². The number of Topliss-reactive ketones (excluding diaryl/α,β-unsaturated/α-hetero) is 1. The van der Waals surface area contributed by atoms with Crippen LogP contribution >= 0.6 is 0 Å². The minimum atomic E-state index is -1.01. The van der Waals surface area contributed by atoms with Gasteiger partial charge in [-0.05, 0) is 26.7 Å². The highest BCUT2D eigenvalue weighted by molar-refractivity contribution is 5.99. The highest BCUT2D eigenvalue weighted by Gasteiger charge is 2.35. The van der Waals surface area contributed by atoms with Crippen molar-refractivity contribution < 1.29 is 19.5 Å². The van der Waals surface area contributed by atoms with E-state index in [0.29, 0.717) is 24.9 Å². The monoisotopic (exact) mass is 318 g/mol. The van der Waals surface area contributed by atoms with Crippen LogP contribution in [-0.2, 0) is 4.79 Å². The van der Waals surface area contributed by atoms with E-state index in [4.69, 9.17) is 5.11 Å². The van der Waals surface area contributed by atoms with Crippen molar-refractivity contribution in [3.63, 3.8) is 0 Å². The summed E-state index contributed by atoms with van der Waals surface area (Å²) in [5.41, 5.74) is 1.62. The molecule has 0 bridgehead atoms. The van der Waals surface area contributed by atoms with Crippen LogP contribution in [0, 0.1) is 12.8 Å². The van der Waals surface area contributed by atoms with E-state index in [0.717, 1.165) is 5.56 Å². The fourth-order valence-corrected chi connectivity index (χ4v) is 2.90. The zero-order chi connectivity index (χ0) is 17.0. The molecular weight excluding hydrogens is 296 g/mol. The Bertz CT molecular complexity index is 597. The van der Waals surface area contributed by atoms with E-state index < -0.39 is 12.0 Å². The molecule has 6 nitrogen and oxygen atoms in total. The molecule has 23 heavy (non-hydrogen) atoms. The number of benzene rings is 1. The van der Waals surface area contributed by atoms with Crippen LogP contribution in [0.2, 0.25) is 0 Å². The smallest absolute Gasteiger partial charge is 0.407 e. The first-order chi connectivity index (χ1) is 10.9. The van der Waals surface area contributed by atoms with Crippen molar-refractivity contribution in [2.45, 2.75) is 32.7 Å². The molecule has 1 aliphatic heterocycles. The van der Waals surface area contributed by atoms with Gasteiger partial charge in [-0.3, -0.25) is 9.59 Å². The Kier molecular flexibility index (Phi) is 5.36. The van der Waals surface area contributed by atoms with Gasteiger partial charge in [0.2, 0.25) is 5.91 Å². The third kappa shape index (κ3) is 4.09. The van der Waals surface area contributed by atoms with Gasteiger partial charge in [0.1, 0.15) is 0 Å². The van der Waals surface area contributed by atoms with E-state index >= 15 is 0 Å². The van der Waals surface area contributed by atoms with Crippen LogP contribution in [0.5, 0.6) is 0 Å². The number of hydrogen-bond donors (Lipinski definition) is 2. The molecule has 0 unspecified atom stereocenters. The van der Waals surface area contributed by atoms with Crippen molar-refractivity contribution in [1.82, 2.24) is 10.2 Å². The molecule has 2 amide bonds. The van der Waals surface area contributed by atoms with Gasteiger partial charge in [0, 0.05) is 18.2 Å². The average molecular weight is 318 g/mol. The van der Waals surface area contributed by atoms with Crippen molar-refractivity contribution in [2.75, 3.05) is 13.1 Å². The maximum absolute atomic E-state index is 12.3. The van der Waals surface area contributed by atoms with Crippen LogP contribution in [0.25, 0.3) is 0 Å². The number of nitrogens with one attached hydrogen (secondary N) is 1. The fraction of sp³-hybridized carbons (Fsp3) is 0.471. The van der Waals surface area contributed by atoms with Crippen LogP contribution in [0.4, 0.5) is 4.79 Å². The SMILES string of the molecule is Cc1ccc(C(=O)CNC(=O)[C@@H]2CCCN(C(=O)O)[C@@H]2C)cc1. The summed E-state index contributed by atoms with van der Waals surface area (Å²) >= 11 is 0. The highest BCUT2D eigenvalue weighted by atomic mass is 16.4. The minimum absolute atomic E-state index is 0.0712. The molecule has 1 fully saturated rings. The van der Waals surface area contributed by atoms with Crippen molar-refractivity contribution in [3.8, 4) is 0 Å². The number of hydrogen-bond acceptors (Lipinski definition) is 3. The van der Waals surface area contributed by atoms with Gasteiger partial charge in [-0.1, -0.05) is 29.8 Å². The number of ketones is 1. The lowest BCUT2D eigenvalue weighted by Gasteiger charge is -2.36. The Labute approximate surface area is 135 Å². The Balaban J connectivity index is 1.92. The number of piperidine rings is 1. The van der Waals surface area contributed by atoms with Crippen LogP contribution < -0.4 is 5.32 Å². The molecule has 0 radical (unpaired) electrons. The summed E-state index contributed by atoms with van der Waals surface area (Å²) in [6.45, 7) is 4.05. The number of aryl methyl sites for hydroxylation is 1. The molecular formula is C17H22N2O4. The van der Waals surface area contributed by atoms with E-state index in [-0.39, 0.29) is 24.3 Å². The number of carboxylic acid groups (broad SMARTS) is 1. The van der Waals surface area contributed by atoms with Gasteiger partial charge < -0.3 is 15.3 Å². The van der Waals surface area contributed by atoms with Gasteiger partial charge in [0.05, 0.1) is 12.5 Å². The summed E-state index contributed by atoms with van der Waals surface area (Å²) in [6, 6.07) is 6.79. The third-order valence-corrected chi connectivity index (χ3v) is 4.37. The molecule has 0 aromatic heterocycles. The zero-order valence-corrected chi connectivity index (χ0v) is 13.4. The molecule has 1 heterocycles. The van der Waals surface area contributed by atoms with Crippen molar-refractivity contribution in [3.05, 3.63) is 35.4 Å². The highest BCUT2D eigenvalue weighted by Crippen LogP contribution is 2.23. The minimum Gasteiger partial charge on any atom is -0.465 e. The van der Waals surface area contributed by atoms with E-state index in [1.165, 1.54) is 4.90 Å². The number of rotatable bonds is 4. The molecule has 0 spiro atoms. The summed E-state index contributed by atoms with van der Waals surface area (Å²) in [5, 5.41) is 11.8. The zero-order valence-electron chi connectivity index (χ0n) is 13.4. The average Bonchev–Trinajstić information content (AvgIpc) is 2.53. The molecule has 2 atom stereocenters. The van der Waals surface area contributed by atoms with Crippen LogP contribution in [0.1, 0.15) is 35.7 Å². The van der Waals surface area contributed by atoms with E-state index in [1.807, 2.05) is 19.1 Å². The quantitative estimate of drug-likeness (QED) is 0.832. The normalized spacial score (nSPS) is 20.9. The Morgan fingerprint density at radius 3 is 2.52 bits per heavy atom. The molecule has 1 aromatic carbocycles.